The first-order valence-electron chi connectivity index (χ1n) is 12.1. The zero-order chi connectivity index (χ0) is 20.3. The van der Waals surface area contributed by atoms with Crippen molar-refractivity contribution in [2.24, 2.45) is 29.1 Å². The van der Waals surface area contributed by atoms with Crippen LogP contribution in [0.15, 0.2) is 35.5 Å². The predicted molar refractivity (Wildman–Crippen MR) is 121 cm³/mol. The molecule has 0 bridgehead atoms. The second kappa shape index (κ2) is 9.33. The lowest BCUT2D eigenvalue weighted by molar-refractivity contribution is 0.0929. The lowest BCUT2D eigenvalue weighted by Gasteiger charge is -2.44. The Morgan fingerprint density at radius 1 is 1.11 bits per heavy atom. The highest BCUT2D eigenvalue weighted by atomic mass is 16.3. The average molecular weight is 385 g/mol. The summed E-state index contributed by atoms with van der Waals surface area (Å²) in [4.78, 5) is 0. The van der Waals surface area contributed by atoms with Gasteiger partial charge < -0.3 is 5.11 Å². The van der Waals surface area contributed by atoms with Crippen LogP contribution >= 0.6 is 0 Å². The standard InChI is InChI=1S/C27H44O/c1-19(2)8-6-9-21(4)25-15-16-26-22(10-7-17-27(25,26)5)12-13-23-18-24(28)14-11-20(23)3/h12-13,19,21,24-26,28H,3,6-11,14-18H2,1-2,4-5H3/b22-12+,23-13+/t21-,24?,25-,26+,27-/m1/s1. The number of hydrogen-bond acceptors (Lipinski definition) is 1. The zero-order valence-electron chi connectivity index (χ0n) is 19.0. The van der Waals surface area contributed by atoms with E-state index in [9.17, 15) is 5.11 Å². The van der Waals surface area contributed by atoms with Gasteiger partial charge in [-0.25, -0.2) is 0 Å². The minimum absolute atomic E-state index is 0.172. The fourth-order valence-electron chi connectivity index (χ4n) is 6.66. The van der Waals surface area contributed by atoms with Gasteiger partial charge in [-0.2, -0.15) is 0 Å². The van der Waals surface area contributed by atoms with Crippen LogP contribution in [0.4, 0.5) is 0 Å². The summed E-state index contributed by atoms with van der Waals surface area (Å²) in [6, 6.07) is 0. The monoisotopic (exact) mass is 384 g/mol. The van der Waals surface area contributed by atoms with Crippen LogP contribution in [0, 0.1) is 29.1 Å². The van der Waals surface area contributed by atoms with Crippen LogP contribution in [0.2, 0.25) is 0 Å². The molecule has 1 heteroatoms. The van der Waals surface area contributed by atoms with Gasteiger partial charge in [0.2, 0.25) is 0 Å². The van der Waals surface area contributed by atoms with Crippen molar-refractivity contribution in [2.75, 3.05) is 0 Å². The number of hydrogen-bond donors (Lipinski definition) is 1. The molecule has 0 spiro atoms. The summed E-state index contributed by atoms with van der Waals surface area (Å²) in [5.41, 5.74) is 4.72. The van der Waals surface area contributed by atoms with E-state index in [1.54, 1.807) is 5.57 Å². The Morgan fingerprint density at radius 3 is 2.64 bits per heavy atom. The van der Waals surface area contributed by atoms with Crippen LogP contribution in [0.25, 0.3) is 0 Å². The van der Waals surface area contributed by atoms with Gasteiger partial charge in [-0.3, -0.25) is 0 Å². The highest BCUT2D eigenvalue weighted by Gasteiger charge is 2.50. The van der Waals surface area contributed by atoms with Gasteiger partial charge in [-0.1, -0.05) is 76.8 Å². The molecular formula is C27H44O. The zero-order valence-corrected chi connectivity index (χ0v) is 19.0. The van der Waals surface area contributed by atoms with Gasteiger partial charge in [0.15, 0.2) is 0 Å². The first-order chi connectivity index (χ1) is 13.3. The molecule has 3 aliphatic rings. The topological polar surface area (TPSA) is 20.2 Å². The molecule has 3 rings (SSSR count). The number of fused-ring (bicyclic) bond motifs is 1. The molecule has 0 aromatic carbocycles. The normalized spacial score (nSPS) is 37.6. The first-order valence-corrected chi connectivity index (χ1v) is 12.1. The molecule has 0 saturated heterocycles. The maximum atomic E-state index is 10.0. The Bertz CT molecular complexity index is 610. The van der Waals surface area contributed by atoms with Gasteiger partial charge in [0, 0.05) is 0 Å². The largest absolute Gasteiger partial charge is 0.393 e. The molecule has 0 amide bonds. The van der Waals surface area contributed by atoms with E-state index in [-0.39, 0.29) is 6.10 Å². The molecule has 1 nitrogen and oxygen atoms in total. The Morgan fingerprint density at radius 2 is 1.89 bits per heavy atom. The van der Waals surface area contributed by atoms with E-state index in [0.29, 0.717) is 5.41 Å². The molecule has 1 N–H and O–H groups in total. The molecule has 0 aliphatic heterocycles. The fraction of sp³-hybridized carbons (Fsp3) is 0.778. The molecule has 0 heterocycles. The third kappa shape index (κ3) is 4.84. The van der Waals surface area contributed by atoms with Crippen LogP contribution in [0.3, 0.4) is 0 Å². The van der Waals surface area contributed by atoms with Crippen molar-refractivity contribution in [2.45, 2.75) is 104 Å². The second-order valence-corrected chi connectivity index (χ2v) is 10.8. The third-order valence-corrected chi connectivity index (χ3v) is 8.35. The fourth-order valence-corrected chi connectivity index (χ4v) is 6.66. The van der Waals surface area contributed by atoms with E-state index in [1.807, 2.05) is 0 Å². The summed E-state index contributed by atoms with van der Waals surface area (Å²) in [5, 5.41) is 10.0. The summed E-state index contributed by atoms with van der Waals surface area (Å²) in [5.74, 6) is 3.37. The molecule has 28 heavy (non-hydrogen) atoms. The van der Waals surface area contributed by atoms with Crippen LogP contribution in [-0.4, -0.2) is 11.2 Å². The summed E-state index contributed by atoms with van der Waals surface area (Å²) in [6.45, 7) is 14.1. The van der Waals surface area contributed by atoms with Crippen molar-refractivity contribution in [1.29, 1.82) is 0 Å². The highest BCUT2D eigenvalue weighted by molar-refractivity contribution is 5.36. The molecule has 0 aromatic rings. The summed E-state index contributed by atoms with van der Waals surface area (Å²) >= 11 is 0. The Balaban J connectivity index is 1.70. The van der Waals surface area contributed by atoms with Gasteiger partial charge in [0.25, 0.3) is 0 Å². The maximum Gasteiger partial charge on any atom is 0.0583 e. The average Bonchev–Trinajstić information content (AvgIpc) is 2.99. The lowest BCUT2D eigenvalue weighted by Crippen LogP contribution is -2.36. The highest BCUT2D eigenvalue weighted by Crippen LogP contribution is 2.59. The SMILES string of the molecule is C=C1CCC(O)C/C1=C\C=C1/CCC[C@]2(C)[C@@H]([C@H](C)CCCC(C)C)CC[C@@H]12. The van der Waals surface area contributed by atoms with Gasteiger partial charge >= 0.3 is 0 Å². The quantitative estimate of drug-likeness (QED) is 0.499. The van der Waals surface area contributed by atoms with Crippen LogP contribution in [-0.2, 0) is 0 Å². The van der Waals surface area contributed by atoms with E-state index in [4.69, 9.17) is 0 Å². The van der Waals surface area contributed by atoms with Gasteiger partial charge in [0.1, 0.15) is 0 Å². The van der Waals surface area contributed by atoms with Crippen molar-refractivity contribution >= 4 is 0 Å². The van der Waals surface area contributed by atoms with Crippen molar-refractivity contribution in [3.8, 4) is 0 Å². The molecule has 0 radical (unpaired) electrons. The molecule has 3 saturated carbocycles. The van der Waals surface area contributed by atoms with E-state index in [2.05, 4.69) is 46.4 Å². The van der Waals surface area contributed by atoms with Gasteiger partial charge in [0.05, 0.1) is 6.10 Å². The number of allylic oxidation sites excluding steroid dienone is 4. The number of aliphatic hydroxyl groups is 1. The maximum absolute atomic E-state index is 10.0. The molecular weight excluding hydrogens is 340 g/mol. The van der Waals surface area contributed by atoms with Crippen molar-refractivity contribution in [1.82, 2.24) is 0 Å². The molecule has 0 aromatic heterocycles. The minimum atomic E-state index is -0.172. The lowest BCUT2D eigenvalue weighted by atomic mass is 9.60. The summed E-state index contributed by atoms with van der Waals surface area (Å²) in [6.07, 6.45) is 18.2. The van der Waals surface area contributed by atoms with Gasteiger partial charge in [-0.05, 0) is 86.0 Å². The Hall–Kier alpha value is -0.820. The van der Waals surface area contributed by atoms with Crippen molar-refractivity contribution in [3.05, 3.63) is 35.5 Å². The van der Waals surface area contributed by atoms with E-state index in [1.165, 1.54) is 62.5 Å². The third-order valence-electron chi connectivity index (χ3n) is 8.35. The number of rotatable bonds is 6. The van der Waals surface area contributed by atoms with Crippen LogP contribution in [0.1, 0.15) is 98.3 Å². The molecule has 158 valence electrons. The molecule has 5 atom stereocenters. The number of aliphatic hydroxyl groups excluding tert-OH is 1. The van der Waals surface area contributed by atoms with E-state index >= 15 is 0 Å². The second-order valence-electron chi connectivity index (χ2n) is 10.8. The van der Waals surface area contributed by atoms with Crippen LogP contribution < -0.4 is 0 Å². The summed E-state index contributed by atoms with van der Waals surface area (Å²) < 4.78 is 0. The van der Waals surface area contributed by atoms with Crippen molar-refractivity contribution in [3.63, 3.8) is 0 Å². The molecule has 3 aliphatic carbocycles. The smallest absolute Gasteiger partial charge is 0.0583 e. The Labute approximate surface area is 174 Å². The van der Waals surface area contributed by atoms with Crippen LogP contribution in [0.5, 0.6) is 0 Å². The predicted octanol–water partition coefficient (Wildman–Crippen LogP) is 7.62. The van der Waals surface area contributed by atoms with Gasteiger partial charge in [-0.15, -0.1) is 0 Å². The van der Waals surface area contributed by atoms with E-state index in [0.717, 1.165) is 42.9 Å². The minimum Gasteiger partial charge on any atom is -0.393 e. The van der Waals surface area contributed by atoms with E-state index < -0.39 is 0 Å². The molecule has 3 fully saturated rings. The molecule has 1 unspecified atom stereocenters. The first kappa shape index (κ1) is 21.9. The van der Waals surface area contributed by atoms with Crippen molar-refractivity contribution < 1.29 is 5.11 Å². The Kier molecular flexibility index (Phi) is 7.29. The summed E-state index contributed by atoms with van der Waals surface area (Å²) in [7, 11) is 0.